The van der Waals surface area contributed by atoms with Crippen LogP contribution in [0, 0.1) is 11.7 Å². The quantitative estimate of drug-likeness (QED) is 0.716. The topological polar surface area (TPSA) is 33.6 Å². The molecule has 0 saturated carbocycles. The average molecular weight is 261 g/mol. The molecular formula is C12H11N3S2. The van der Waals surface area contributed by atoms with E-state index in [0.717, 1.165) is 22.3 Å². The Balaban J connectivity index is 2.15. The van der Waals surface area contributed by atoms with Crippen LogP contribution in [0.4, 0.5) is 0 Å². The van der Waals surface area contributed by atoms with E-state index in [-0.39, 0.29) is 0 Å². The highest BCUT2D eigenvalue weighted by Crippen LogP contribution is 2.20. The molecule has 86 valence electrons. The van der Waals surface area contributed by atoms with Crippen LogP contribution in [-0.2, 0) is 6.54 Å². The fourth-order valence-corrected chi connectivity index (χ4v) is 3.04. The van der Waals surface area contributed by atoms with Crippen LogP contribution in [0.5, 0.6) is 0 Å². The molecule has 0 bridgehead atoms. The number of fused-ring (bicyclic) bond motifs is 1. The molecule has 0 aliphatic rings. The molecule has 0 radical (unpaired) electrons. The molecule has 3 heterocycles. The first-order valence-corrected chi connectivity index (χ1v) is 6.60. The third-order valence-corrected chi connectivity index (χ3v) is 4.18. The first kappa shape index (κ1) is 10.7. The summed E-state index contributed by atoms with van der Waals surface area (Å²) in [6, 6.07) is 4.13. The maximum Gasteiger partial charge on any atom is 0.178 e. The molecule has 17 heavy (non-hydrogen) atoms. The van der Waals surface area contributed by atoms with Gasteiger partial charge in [-0.25, -0.2) is 0 Å². The number of aryl methyl sites for hydroxylation is 1. The summed E-state index contributed by atoms with van der Waals surface area (Å²) in [6.45, 7) is 2.96. The number of nitrogens with zero attached hydrogens (tertiary/aromatic N) is 2. The number of thiophene rings is 1. The molecule has 3 nitrogen and oxygen atoms in total. The molecule has 1 N–H and O–H groups in total. The molecule has 0 unspecified atom stereocenters. The van der Waals surface area contributed by atoms with Crippen LogP contribution in [0.25, 0.3) is 11.0 Å². The van der Waals surface area contributed by atoms with Gasteiger partial charge in [0.15, 0.2) is 4.77 Å². The van der Waals surface area contributed by atoms with E-state index in [1.807, 2.05) is 12.3 Å². The summed E-state index contributed by atoms with van der Waals surface area (Å²) in [5, 5.41) is 2.12. The number of aromatic nitrogens is 3. The van der Waals surface area contributed by atoms with Gasteiger partial charge in [0, 0.05) is 11.1 Å². The highest BCUT2D eigenvalue weighted by molar-refractivity contribution is 7.71. The molecule has 0 aliphatic carbocycles. The molecular weight excluding hydrogens is 250 g/mol. The minimum Gasteiger partial charge on any atom is -0.329 e. The molecule has 0 fully saturated rings. The second kappa shape index (κ2) is 4.09. The van der Waals surface area contributed by atoms with E-state index in [4.69, 9.17) is 12.2 Å². The van der Waals surface area contributed by atoms with Crippen molar-refractivity contribution in [3.63, 3.8) is 0 Å². The molecule has 0 saturated heterocycles. The standard InChI is InChI=1S/C12H11N3S2/c1-8-3-5-17-11(8)7-15-10-2-4-13-6-9(10)14-12(15)16/h2-6H,7H2,1H3,(H,14,16). The maximum atomic E-state index is 5.35. The maximum absolute atomic E-state index is 5.35. The van der Waals surface area contributed by atoms with Crippen molar-refractivity contribution < 1.29 is 0 Å². The Bertz CT molecular complexity index is 721. The lowest BCUT2D eigenvalue weighted by atomic mass is 10.3. The monoisotopic (exact) mass is 261 g/mol. The van der Waals surface area contributed by atoms with Gasteiger partial charge in [-0.15, -0.1) is 11.3 Å². The van der Waals surface area contributed by atoms with Crippen molar-refractivity contribution in [3.8, 4) is 0 Å². The van der Waals surface area contributed by atoms with Gasteiger partial charge in [0.2, 0.25) is 0 Å². The molecule has 3 aromatic rings. The zero-order chi connectivity index (χ0) is 11.8. The van der Waals surface area contributed by atoms with Gasteiger partial charge in [0.25, 0.3) is 0 Å². The third-order valence-electron chi connectivity index (χ3n) is 2.85. The van der Waals surface area contributed by atoms with Crippen LogP contribution in [0.2, 0.25) is 0 Å². The van der Waals surface area contributed by atoms with Crippen LogP contribution < -0.4 is 0 Å². The molecule has 3 aromatic heterocycles. The van der Waals surface area contributed by atoms with Crippen LogP contribution >= 0.6 is 23.6 Å². The van der Waals surface area contributed by atoms with E-state index in [1.54, 1.807) is 17.5 Å². The van der Waals surface area contributed by atoms with E-state index in [0.29, 0.717) is 0 Å². The molecule has 5 heteroatoms. The van der Waals surface area contributed by atoms with Crippen molar-refractivity contribution in [1.29, 1.82) is 0 Å². The molecule has 0 spiro atoms. The zero-order valence-electron chi connectivity index (χ0n) is 9.30. The van der Waals surface area contributed by atoms with Gasteiger partial charge in [-0.1, -0.05) is 0 Å². The Morgan fingerprint density at radius 1 is 1.47 bits per heavy atom. The minimum atomic E-state index is 0.751. The van der Waals surface area contributed by atoms with E-state index >= 15 is 0 Å². The predicted octanol–water partition coefficient (Wildman–Crippen LogP) is 3.51. The lowest BCUT2D eigenvalue weighted by Gasteiger charge is -2.03. The van der Waals surface area contributed by atoms with E-state index in [9.17, 15) is 0 Å². The smallest absolute Gasteiger partial charge is 0.178 e. The molecule has 3 rings (SSSR count). The van der Waals surface area contributed by atoms with Gasteiger partial charge in [0.05, 0.1) is 23.8 Å². The van der Waals surface area contributed by atoms with Gasteiger partial charge >= 0.3 is 0 Å². The Morgan fingerprint density at radius 3 is 3.12 bits per heavy atom. The van der Waals surface area contributed by atoms with Crippen molar-refractivity contribution in [2.75, 3.05) is 0 Å². The number of nitrogens with one attached hydrogen (secondary N) is 1. The van der Waals surface area contributed by atoms with Crippen LogP contribution in [0.1, 0.15) is 10.4 Å². The Morgan fingerprint density at radius 2 is 2.35 bits per heavy atom. The predicted molar refractivity (Wildman–Crippen MR) is 73.1 cm³/mol. The number of aromatic amines is 1. The van der Waals surface area contributed by atoms with Crippen LogP contribution in [0.15, 0.2) is 29.9 Å². The Kier molecular flexibility index (Phi) is 2.57. The number of imidazole rings is 1. The number of hydrogen-bond acceptors (Lipinski definition) is 3. The lowest BCUT2D eigenvalue weighted by Crippen LogP contribution is -1.98. The molecule has 0 amide bonds. The normalized spacial score (nSPS) is 11.1. The summed E-state index contributed by atoms with van der Waals surface area (Å²) in [5.41, 5.74) is 3.42. The third kappa shape index (κ3) is 1.81. The van der Waals surface area contributed by atoms with Crippen molar-refractivity contribution in [2.45, 2.75) is 13.5 Å². The summed E-state index contributed by atoms with van der Waals surface area (Å²) >= 11 is 7.12. The molecule has 0 aliphatic heterocycles. The van der Waals surface area contributed by atoms with E-state index < -0.39 is 0 Å². The van der Waals surface area contributed by atoms with Gasteiger partial charge in [-0.3, -0.25) is 4.98 Å². The zero-order valence-corrected chi connectivity index (χ0v) is 10.9. The Labute approximate surface area is 108 Å². The first-order chi connectivity index (χ1) is 8.25. The number of hydrogen-bond donors (Lipinski definition) is 1. The highest BCUT2D eigenvalue weighted by atomic mass is 32.1. The summed E-state index contributed by atoms with van der Waals surface area (Å²) < 4.78 is 2.87. The summed E-state index contributed by atoms with van der Waals surface area (Å²) in [6.07, 6.45) is 3.60. The fourth-order valence-electron chi connectivity index (χ4n) is 1.88. The highest BCUT2D eigenvalue weighted by Gasteiger charge is 2.06. The second-order valence-electron chi connectivity index (χ2n) is 3.94. The van der Waals surface area contributed by atoms with Crippen molar-refractivity contribution in [1.82, 2.24) is 14.5 Å². The van der Waals surface area contributed by atoms with Crippen LogP contribution in [0.3, 0.4) is 0 Å². The largest absolute Gasteiger partial charge is 0.329 e. The lowest BCUT2D eigenvalue weighted by molar-refractivity contribution is 0.819. The van der Waals surface area contributed by atoms with Gasteiger partial charge in [-0.05, 0) is 42.2 Å². The average Bonchev–Trinajstić information content (AvgIpc) is 2.85. The Hall–Kier alpha value is -1.46. The van der Waals surface area contributed by atoms with Gasteiger partial charge < -0.3 is 9.55 Å². The second-order valence-corrected chi connectivity index (χ2v) is 5.32. The van der Waals surface area contributed by atoms with E-state index in [1.165, 1.54) is 10.4 Å². The number of pyridine rings is 1. The summed E-state index contributed by atoms with van der Waals surface area (Å²) in [7, 11) is 0. The van der Waals surface area contributed by atoms with Gasteiger partial charge in [-0.2, -0.15) is 0 Å². The molecule has 0 atom stereocenters. The fraction of sp³-hybridized carbons (Fsp3) is 0.167. The van der Waals surface area contributed by atoms with Gasteiger partial charge in [0.1, 0.15) is 0 Å². The van der Waals surface area contributed by atoms with Crippen LogP contribution in [-0.4, -0.2) is 14.5 Å². The van der Waals surface area contributed by atoms with Crippen molar-refractivity contribution >= 4 is 34.6 Å². The SMILES string of the molecule is Cc1ccsc1Cn1c(=S)[nH]c2cnccc21. The number of H-pyrrole nitrogens is 1. The first-order valence-electron chi connectivity index (χ1n) is 5.31. The van der Waals surface area contributed by atoms with Crippen molar-refractivity contribution in [2.24, 2.45) is 0 Å². The minimum absolute atomic E-state index is 0.751. The summed E-state index contributed by atoms with van der Waals surface area (Å²) in [5.74, 6) is 0. The molecule has 0 aromatic carbocycles. The van der Waals surface area contributed by atoms with E-state index in [2.05, 4.69) is 32.9 Å². The van der Waals surface area contributed by atoms with Crippen molar-refractivity contribution in [3.05, 3.63) is 45.1 Å². The number of rotatable bonds is 2. The summed E-state index contributed by atoms with van der Waals surface area (Å²) in [4.78, 5) is 8.62.